The van der Waals surface area contributed by atoms with Crippen molar-refractivity contribution < 1.29 is 17.9 Å². The third-order valence-corrected chi connectivity index (χ3v) is 7.61. The van der Waals surface area contributed by atoms with Crippen molar-refractivity contribution in [2.75, 3.05) is 24.6 Å². The zero-order valence-electron chi connectivity index (χ0n) is 18.9. The minimum atomic E-state index is -4.23. The third kappa shape index (κ3) is 3.07. The average molecular weight is 471 g/mol. The van der Waals surface area contributed by atoms with E-state index in [-0.39, 0.29) is 30.9 Å². The van der Waals surface area contributed by atoms with E-state index in [0.717, 1.165) is 11.3 Å². The predicted molar refractivity (Wildman–Crippen MR) is 119 cm³/mol. The van der Waals surface area contributed by atoms with Gasteiger partial charge in [0.2, 0.25) is 0 Å². The second kappa shape index (κ2) is 7.00. The van der Waals surface area contributed by atoms with Gasteiger partial charge < -0.3 is 14.6 Å². The van der Waals surface area contributed by atoms with Crippen LogP contribution in [-0.2, 0) is 10.2 Å². The fourth-order valence-corrected chi connectivity index (χ4v) is 5.98. The van der Waals surface area contributed by atoms with E-state index in [1.54, 1.807) is 19.2 Å². The Kier molecular flexibility index (Phi) is 4.43. The second-order valence-electron chi connectivity index (χ2n) is 10.00. The molecular weight excluding hydrogens is 447 g/mol. The lowest BCUT2D eigenvalue weighted by molar-refractivity contribution is -0.337. The lowest BCUT2D eigenvalue weighted by Gasteiger charge is -2.70. The van der Waals surface area contributed by atoms with Crippen LogP contribution in [0.15, 0.2) is 29.2 Å². The molecule has 2 bridgehead atoms. The first-order valence-electron chi connectivity index (χ1n) is 11.4. The number of morpholine rings is 1. The first-order valence-corrected chi connectivity index (χ1v) is 11.4. The molecule has 0 spiro atoms. The maximum absolute atomic E-state index is 13.5. The number of rotatable bonds is 3. The Balaban J connectivity index is 1.40. The number of fused-ring (bicyclic) bond motifs is 1. The lowest BCUT2D eigenvalue weighted by Crippen LogP contribution is -2.70. The Morgan fingerprint density at radius 3 is 2.65 bits per heavy atom. The molecule has 7 nitrogen and oxygen atoms in total. The monoisotopic (exact) mass is 471 g/mol. The largest absolute Gasteiger partial charge is 0.394 e. The molecule has 1 N–H and O–H groups in total. The first kappa shape index (κ1) is 21.5. The highest BCUT2D eigenvalue weighted by molar-refractivity contribution is 5.84. The standard InChI is InChI=1S/C24H24F3N5O2/c1-13-7-15(3-4-28-13)17-9-32(5-6-34-17)18-8-16-19(21(33)30-14(2)29-16)20(31-18)22-10-23(11-22,12-22)24(25,26)27/h3-4,7-8,17H,5-6,9-12H2,1-2H3,(H,29,30,33). The van der Waals surface area contributed by atoms with Crippen LogP contribution in [0.25, 0.3) is 10.9 Å². The molecule has 0 radical (unpaired) electrons. The van der Waals surface area contributed by atoms with E-state index < -0.39 is 17.0 Å². The van der Waals surface area contributed by atoms with Gasteiger partial charge in [0.15, 0.2) is 0 Å². The molecular formula is C24H24F3N5O2. The fourth-order valence-electron chi connectivity index (χ4n) is 5.98. The quantitative estimate of drug-likeness (QED) is 0.624. The number of aryl methyl sites for hydroxylation is 2. The number of anilines is 1. The molecule has 3 saturated carbocycles. The summed E-state index contributed by atoms with van der Waals surface area (Å²) in [4.78, 5) is 31.2. The van der Waals surface area contributed by atoms with Gasteiger partial charge in [-0.15, -0.1) is 0 Å². The topological polar surface area (TPSA) is 84.0 Å². The van der Waals surface area contributed by atoms with Crippen LogP contribution in [-0.4, -0.2) is 45.8 Å². The maximum Gasteiger partial charge on any atom is 0.394 e. The van der Waals surface area contributed by atoms with E-state index in [2.05, 4.69) is 19.9 Å². The molecule has 3 aromatic rings. The van der Waals surface area contributed by atoms with Crippen LogP contribution in [0.4, 0.5) is 19.0 Å². The third-order valence-electron chi connectivity index (χ3n) is 7.61. The molecule has 4 aliphatic rings. The van der Waals surface area contributed by atoms with Crippen LogP contribution < -0.4 is 10.5 Å². The zero-order valence-corrected chi connectivity index (χ0v) is 18.9. The van der Waals surface area contributed by atoms with Gasteiger partial charge in [-0.05, 0) is 50.8 Å². The van der Waals surface area contributed by atoms with Gasteiger partial charge in [-0.25, -0.2) is 9.97 Å². The van der Waals surface area contributed by atoms with E-state index in [0.29, 0.717) is 47.9 Å². The fraction of sp³-hybridized carbons (Fsp3) is 0.500. The van der Waals surface area contributed by atoms with Gasteiger partial charge >= 0.3 is 6.18 Å². The molecule has 4 heterocycles. The lowest BCUT2D eigenvalue weighted by atomic mass is 9.33. The molecule has 3 aliphatic carbocycles. The SMILES string of the molecule is Cc1cc(C2CN(c3cc4nc(C)[nH]c(=O)c4c(C45CC(C(F)(F)F)(C4)C5)n3)CCO2)ccn1. The van der Waals surface area contributed by atoms with Crippen molar-refractivity contribution in [1.29, 1.82) is 0 Å². The molecule has 1 saturated heterocycles. The van der Waals surface area contributed by atoms with Gasteiger partial charge in [0.25, 0.3) is 5.56 Å². The van der Waals surface area contributed by atoms with Crippen molar-refractivity contribution >= 4 is 16.7 Å². The highest BCUT2D eigenvalue weighted by Gasteiger charge is 2.79. The van der Waals surface area contributed by atoms with Crippen LogP contribution in [0.1, 0.15) is 48.1 Å². The van der Waals surface area contributed by atoms with Gasteiger partial charge in [0, 0.05) is 36.5 Å². The summed E-state index contributed by atoms with van der Waals surface area (Å²) in [6, 6.07) is 5.67. The van der Waals surface area contributed by atoms with Gasteiger partial charge in [0.05, 0.1) is 28.6 Å². The number of halogens is 3. The van der Waals surface area contributed by atoms with Crippen molar-refractivity contribution in [2.45, 2.75) is 50.8 Å². The first-order chi connectivity index (χ1) is 16.1. The number of ether oxygens (including phenoxy) is 1. The summed E-state index contributed by atoms with van der Waals surface area (Å²) in [5, 5.41) is 0.305. The number of pyridine rings is 2. The van der Waals surface area contributed by atoms with E-state index >= 15 is 0 Å². The van der Waals surface area contributed by atoms with Crippen LogP contribution >= 0.6 is 0 Å². The number of H-pyrrole nitrogens is 1. The number of aromatic amines is 1. The van der Waals surface area contributed by atoms with E-state index in [1.165, 1.54) is 0 Å². The van der Waals surface area contributed by atoms with Crippen LogP contribution in [0.2, 0.25) is 0 Å². The molecule has 10 heteroatoms. The Bertz CT molecular complexity index is 1350. The van der Waals surface area contributed by atoms with Gasteiger partial charge in [-0.2, -0.15) is 13.2 Å². The highest BCUT2D eigenvalue weighted by atomic mass is 19.4. The maximum atomic E-state index is 13.5. The van der Waals surface area contributed by atoms with Crippen molar-refractivity contribution in [1.82, 2.24) is 19.9 Å². The van der Waals surface area contributed by atoms with E-state index in [9.17, 15) is 18.0 Å². The predicted octanol–water partition coefficient (Wildman–Crippen LogP) is 3.89. The Hall–Kier alpha value is -3.01. The normalized spacial score (nSPS) is 28.5. The second-order valence-corrected chi connectivity index (χ2v) is 10.00. The smallest absolute Gasteiger partial charge is 0.370 e. The summed E-state index contributed by atoms with van der Waals surface area (Å²) in [7, 11) is 0. The molecule has 34 heavy (non-hydrogen) atoms. The van der Waals surface area contributed by atoms with Crippen LogP contribution in [0.5, 0.6) is 0 Å². The molecule has 1 atom stereocenters. The van der Waals surface area contributed by atoms with Gasteiger partial charge in [-0.3, -0.25) is 9.78 Å². The highest BCUT2D eigenvalue weighted by Crippen LogP contribution is 2.78. The average Bonchev–Trinajstić information content (AvgIpc) is 2.70. The van der Waals surface area contributed by atoms with Gasteiger partial charge in [-0.1, -0.05) is 0 Å². The van der Waals surface area contributed by atoms with Crippen molar-refractivity contribution in [3.8, 4) is 0 Å². The summed E-state index contributed by atoms with van der Waals surface area (Å²) >= 11 is 0. The van der Waals surface area contributed by atoms with E-state index in [1.807, 2.05) is 19.1 Å². The summed E-state index contributed by atoms with van der Waals surface area (Å²) in [5.41, 5.74) is 0.111. The number of nitrogens with one attached hydrogen (secondary N) is 1. The Morgan fingerprint density at radius 2 is 1.94 bits per heavy atom. The number of aromatic nitrogens is 4. The summed E-state index contributed by atoms with van der Waals surface area (Å²) in [6.07, 6.45) is -2.74. The zero-order chi connectivity index (χ0) is 23.9. The number of hydrogen-bond acceptors (Lipinski definition) is 6. The summed E-state index contributed by atoms with van der Waals surface area (Å²) in [5.74, 6) is 1.07. The number of hydrogen-bond donors (Lipinski definition) is 1. The van der Waals surface area contributed by atoms with Crippen LogP contribution in [0.3, 0.4) is 0 Å². The molecule has 0 amide bonds. The molecule has 0 aromatic carbocycles. The molecule has 1 unspecified atom stereocenters. The Morgan fingerprint density at radius 1 is 1.18 bits per heavy atom. The minimum Gasteiger partial charge on any atom is -0.370 e. The van der Waals surface area contributed by atoms with Gasteiger partial charge in [0.1, 0.15) is 17.7 Å². The Labute approximate surface area is 193 Å². The minimum absolute atomic E-state index is 0.0234. The van der Waals surface area contributed by atoms with E-state index in [4.69, 9.17) is 9.72 Å². The van der Waals surface area contributed by atoms with Crippen molar-refractivity contribution in [2.24, 2.45) is 5.41 Å². The van der Waals surface area contributed by atoms with Crippen molar-refractivity contribution in [3.05, 3.63) is 57.5 Å². The molecule has 4 fully saturated rings. The van der Waals surface area contributed by atoms with Crippen LogP contribution in [0, 0.1) is 19.3 Å². The summed E-state index contributed by atoms with van der Waals surface area (Å²) in [6.45, 7) is 5.20. The molecule has 1 aliphatic heterocycles. The number of alkyl halides is 3. The summed E-state index contributed by atoms with van der Waals surface area (Å²) < 4.78 is 46.6. The molecule has 3 aromatic heterocycles. The molecule has 7 rings (SSSR count). The number of nitrogens with zero attached hydrogens (tertiary/aromatic N) is 4. The molecule has 178 valence electrons. The van der Waals surface area contributed by atoms with Crippen molar-refractivity contribution in [3.63, 3.8) is 0 Å².